The van der Waals surface area contributed by atoms with Crippen LogP contribution in [-0.4, -0.2) is 41.0 Å². The van der Waals surface area contributed by atoms with Gasteiger partial charge in [0, 0.05) is 55.2 Å². The predicted molar refractivity (Wildman–Crippen MR) is 134 cm³/mol. The molecule has 0 atom stereocenters. The zero-order valence-electron chi connectivity index (χ0n) is 17.9. The van der Waals surface area contributed by atoms with E-state index in [2.05, 4.69) is 47.1 Å². The third kappa shape index (κ3) is 8.00. The van der Waals surface area contributed by atoms with Crippen molar-refractivity contribution in [1.82, 2.24) is 20.1 Å². The normalized spacial score (nSPS) is 11.6. The maximum absolute atomic E-state index is 12.4. The van der Waals surface area contributed by atoms with Crippen molar-refractivity contribution in [3.8, 4) is 0 Å². The van der Waals surface area contributed by atoms with Crippen molar-refractivity contribution in [2.45, 2.75) is 39.4 Å². The lowest BCUT2D eigenvalue weighted by atomic mass is 10.1. The number of carbonyl (C=O) groups is 1. The number of nitrogens with zero attached hydrogens (tertiary/aromatic N) is 3. The molecule has 0 aliphatic heterocycles. The summed E-state index contributed by atoms with van der Waals surface area (Å²) in [5.74, 6) is 0.729. The Morgan fingerprint density at radius 2 is 1.97 bits per heavy atom. The van der Waals surface area contributed by atoms with Crippen LogP contribution in [0, 0.1) is 0 Å². The highest BCUT2D eigenvalue weighted by Gasteiger charge is 2.15. The molecule has 0 saturated heterocycles. The molecule has 0 bridgehead atoms. The van der Waals surface area contributed by atoms with Gasteiger partial charge in [0.15, 0.2) is 5.96 Å². The maximum atomic E-state index is 12.4. The number of hydrogen-bond acceptors (Lipinski definition) is 2. The van der Waals surface area contributed by atoms with Crippen LogP contribution < -0.4 is 10.6 Å². The SMILES string of the molecule is CN=C(NCc1cccc(C(=O)NC(C)(C)C)c1)N(C)Cc1cc(Br)cn1C.I. The van der Waals surface area contributed by atoms with Crippen molar-refractivity contribution >= 4 is 51.8 Å². The number of hydrogen-bond donors (Lipinski definition) is 2. The molecular weight excluding hydrogens is 545 g/mol. The van der Waals surface area contributed by atoms with Gasteiger partial charge in [0.25, 0.3) is 5.91 Å². The summed E-state index contributed by atoms with van der Waals surface area (Å²) in [5, 5.41) is 6.36. The minimum atomic E-state index is -0.262. The zero-order valence-corrected chi connectivity index (χ0v) is 21.8. The maximum Gasteiger partial charge on any atom is 0.251 e. The minimum Gasteiger partial charge on any atom is -0.352 e. The Labute approximate surface area is 199 Å². The molecule has 1 aromatic heterocycles. The van der Waals surface area contributed by atoms with E-state index >= 15 is 0 Å². The number of aromatic nitrogens is 1. The molecule has 0 aliphatic carbocycles. The van der Waals surface area contributed by atoms with Crippen LogP contribution in [0.15, 0.2) is 46.0 Å². The summed E-state index contributed by atoms with van der Waals surface area (Å²) in [6.45, 7) is 7.24. The molecule has 2 aromatic rings. The Morgan fingerprint density at radius 1 is 1.28 bits per heavy atom. The zero-order chi connectivity index (χ0) is 20.9. The number of rotatable bonds is 5. The summed E-state index contributed by atoms with van der Waals surface area (Å²) < 4.78 is 3.15. The number of benzene rings is 1. The first-order chi connectivity index (χ1) is 13.1. The van der Waals surface area contributed by atoms with E-state index < -0.39 is 0 Å². The number of nitrogens with one attached hydrogen (secondary N) is 2. The van der Waals surface area contributed by atoms with E-state index in [0.29, 0.717) is 12.1 Å². The molecule has 2 N–H and O–H groups in total. The largest absolute Gasteiger partial charge is 0.352 e. The van der Waals surface area contributed by atoms with E-state index in [4.69, 9.17) is 0 Å². The van der Waals surface area contributed by atoms with Gasteiger partial charge in [-0.3, -0.25) is 9.79 Å². The second-order valence-corrected chi connectivity index (χ2v) is 8.84. The number of halogens is 2. The molecule has 1 heterocycles. The van der Waals surface area contributed by atoms with Gasteiger partial charge in [0.1, 0.15) is 0 Å². The highest BCUT2D eigenvalue weighted by molar-refractivity contribution is 14.0. The molecule has 8 heteroatoms. The fraction of sp³-hybridized carbons (Fsp3) is 0.429. The first kappa shape index (κ1) is 25.5. The van der Waals surface area contributed by atoms with Gasteiger partial charge in [-0.1, -0.05) is 12.1 Å². The quantitative estimate of drug-likeness (QED) is 0.320. The highest BCUT2D eigenvalue weighted by Crippen LogP contribution is 2.15. The number of carbonyl (C=O) groups excluding carboxylic acids is 1. The molecule has 1 amide bonds. The van der Waals surface area contributed by atoms with Crippen molar-refractivity contribution in [2.24, 2.45) is 12.0 Å². The first-order valence-corrected chi connectivity index (χ1v) is 10.0. The van der Waals surface area contributed by atoms with E-state index in [1.54, 1.807) is 7.05 Å². The van der Waals surface area contributed by atoms with Crippen LogP contribution in [0.3, 0.4) is 0 Å². The molecule has 29 heavy (non-hydrogen) atoms. The monoisotopic (exact) mass is 575 g/mol. The van der Waals surface area contributed by atoms with Gasteiger partial charge in [-0.2, -0.15) is 0 Å². The van der Waals surface area contributed by atoms with E-state index in [1.807, 2.05) is 65.3 Å². The Kier molecular flexibility index (Phi) is 9.67. The standard InChI is InChI=1S/C21H30BrN5O.HI/c1-21(2,3)25-19(28)16-9-7-8-15(10-16)12-24-20(23-4)27(6)14-18-11-17(22)13-26(18)5;/h7-11,13H,12,14H2,1-6H3,(H,23,24)(H,25,28);1H. The van der Waals surface area contributed by atoms with Crippen LogP contribution >= 0.6 is 39.9 Å². The fourth-order valence-electron chi connectivity index (χ4n) is 2.84. The number of aliphatic imine (C=N–C) groups is 1. The summed E-state index contributed by atoms with van der Waals surface area (Å²) in [6.07, 6.45) is 2.04. The molecule has 0 spiro atoms. The third-order valence-corrected chi connectivity index (χ3v) is 4.61. The van der Waals surface area contributed by atoms with Gasteiger partial charge in [0.05, 0.1) is 6.54 Å². The Hall–Kier alpha value is -1.55. The van der Waals surface area contributed by atoms with Crippen molar-refractivity contribution in [3.05, 3.63) is 57.8 Å². The van der Waals surface area contributed by atoms with E-state index in [1.165, 1.54) is 5.69 Å². The van der Waals surface area contributed by atoms with Gasteiger partial charge in [-0.05, 0) is 60.5 Å². The van der Waals surface area contributed by atoms with Crippen LogP contribution in [-0.2, 0) is 20.1 Å². The lowest BCUT2D eigenvalue weighted by molar-refractivity contribution is 0.0919. The summed E-state index contributed by atoms with van der Waals surface area (Å²) in [5.41, 5.74) is 2.60. The second kappa shape index (κ2) is 11.0. The van der Waals surface area contributed by atoms with E-state index in [9.17, 15) is 4.79 Å². The molecular formula is C21H31BrIN5O. The van der Waals surface area contributed by atoms with Crippen molar-refractivity contribution in [1.29, 1.82) is 0 Å². The van der Waals surface area contributed by atoms with E-state index in [0.717, 1.165) is 22.5 Å². The third-order valence-electron chi connectivity index (χ3n) is 4.18. The van der Waals surface area contributed by atoms with Crippen molar-refractivity contribution in [3.63, 3.8) is 0 Å². The van der Waals surface area contributed by atoms with Gasteiger partial charge in [-0.25, -0.2) is 0 Å². The van der Waals surface area contributed by atoms with Crippen molar-refractivity contribution < 1.29 is 4.79 Å². The molecule has 1 aromatic carbocycles. The average Bonchev–Trinajstić information content (AvgIpc) is 2.91. The lowest BCUT2D eigenvalue weighted by Crippen LogP contribution is -2.40. The highest BCUT2D eigenvalue weighted by atomic mass is 127. The molecule has 160 valence electrons. The first-order valence-electron chi connectivity index (χ1n) is 9.23. The van der Waals surface area contributed by atoms with Gasteiger partial charge < -0.3 is 20.1 Å². The topological polar surface area (TPSA) is 61.7 Å². The molecule has 2 rings (SSSR count). The molecule has 6 nitrogen and oxygen atoms in total. The van der Waals surface area contributed by atoms with E-state index in [-0.39, 0.29) is 35.4 Å². The average molecular weight is 576 g/mol. The van der Waals surface area contributed by atoms with Crippen LogP contribution in [0.1, 0.15) is 42.4 Å². The number of guanidine groups is 1. The molecule has 0 radical (unpaired) electrons. The Morgan fingerprint density at radius 3 is 2.52 bits per heavy atom. The number of amides is 1. The predicted octanol–water partition coefficient (Wildman–Crippen LogP) is 4.14. The second-order valence-electron chi connectivity index (χ2n) is 7.92. The summed E-state index contributed by atoms with van der Waals surface area (Å²) in [6, 6.07) is 9.75. The molecule has 0 unspecified atom stereocenters. The Balaban J connectivity index is 0.00000420. The van der Waals surface area contributed by atoms with Crippen LogP contribution in [0.25, 0.3) is 0 Å². The van der Waals surface area contributed by atoms with Gasteiger partial charge in [-0.15, -0.1) is 24.0 Å². The van der Waals surface area contributed by atoms with Crippen LogP contribution in [0.2, 0.25) is 0 Å². The molecule has 0 aliphatic rings. The van der Waals surface area contributed by atoms with Crippen molar-refractivity contribution in [2.75, 3.05) is 14.1 Å². The Bertz CT molecular complexity index is 857. The fourth-order valence-corrected chi connectivity index (χ4v) is 3.41. The van der Waals surface area contributed by atoms with Crippen LogP contribution in [0.5, 0.6) is 0 Å². The summed E-state index contributed by atoms with van der Waals surface area (Å²) in [7, 11) is 5.80. The smallest absolute Gasteiger partial charge is 0.251 e. The lowest BCUT2D eigenvalue weighted by Gasteiger charge is -2.23. The molecule has 0 fully saturated rings. The summed E-state index contributed by atoms with van der Waals surface area (Å²) in [4.78, 5) is 18.8. The molecule has 0 saturated carbocycles. The summed E-state index contributed by atoms with van der Waals surface area (Å²) >= 11 is 3.51. The van der Waals surface area contributed by atoms with Gasteiger partial charge in [0.2, 0.25) is 0 Å². The minimum absolute atomic E-state index is 0. The van der Waals surface area contributed by atoms with Crippen LogP contribution in [0.4, 0.5) is 0 Å². The number of aryl methyl sites for hydroxylation is 1. The van der Waals surface area contributed by atoms with Gasteiger partial charge >= 0.3 is 0 Å².